The number of rotatable bonds is 3. The number of carbonyl (C=O) groups excluding carboxylic acids is 1. The molecule has 0 unspecified atom stereocenters. The van der Waals surface area contributed by atoms with Crippen LogP contribution in [0.4, 0.5) is 0 Å². The molecule has 0 bridgehead atoms. The number of hydrogen-bond donors (Lipinski definition) is 1. The van der Waals surface area contributed by atoms with E-state index in [0.29, 0.717) is 13.0 Å². The molecule has 0 amide bonds. The van der Waals surface area contributed by atoms with Crippen LogP contribution in [0.1, 0.15) is 12.8 Å². The van der Waals surface area contributed by atoms with Gasteiger partial charge < -0.3 is 10.5 Å². The third-order valence-corrected chi connectivity index (χ3v) is 1.48. The van der Waals surface area contributed by atoms with Crippen LogP contribution in [0.15, 0.2) is 0 Å². The van der Waals surface area contributed by atoms with E-state index in [1.54, 1.807) is 0 Å². The molecule has 1 saturated carbocycles. The summed E-state index contributed by atoms with van der Waals surface area (Å²) >= 11 is 0. The molecular weight excluding hydrogens is 106 g/mol. The Kier molecular flexibility index (Phi) is 1.21. The standard InChI is InChI=1S/C5H9NO2/c6-3-5(1-2-5)8-4-7/h4H,1-3,6H2. The van der Waals surface area contributed by atoms with E-state index in [9.17, 15) is 4.79 Å². The number of carbonyl (C=O) groups is 1. The topological polar surface area (TPSA) is 52.3 Å². The maximum absolute atomic E-state index is 9.74. The summed E-state index contributed by atoms with van der Waals surface area (Å²) in [6, 6.07) is 0. The average molecular weight is 115 g/mol. The van der Waals surface area contributed by atoms with Crippen molar-refractivity contribution < 1.29 is 9.53 Å². The molecule has 0 aromatic carbocycles. The second kappa shape index (κ2) is 1.74. The van der Waals surface area contributed by atoms with Crippen molar-refractivity contribution in [1.82, 2.24) is 0 Å². The van der Waals surface area contributed by atoms with Crippen molar-refractivity contribution in [3.8, 4) is 0 Å². The van der Waals surface area contributed by atoms with E-state index in [-0.39, 0.29) is 5.60 Å². The Balaban J connectivity index is 2.29. The van der Waals surface area contributed by atoms with Gasteiger partial charge in [0.15, 0.2) is 0 Å². The van der Waals surface area contributed by atoms with Gasteiger partial charge >= 0.3 is 0 Å². The highest BCUT2D eigenvalue weighted by molar-refractivity contribution is 5.39. The van der Waals surface area contributed by atoms with Gasteiger partial charge in [0.05, 0.1) is 0 Å². The molecule has 0 spiro atoms. The van der Waals surface area contributed by atoms with Gasteiger partial charge in [-0.1, -0.05) is 0 Å². The zero-order valence-corrected chi connectivity index (χ0v) is 4.59. The lowest BCUT2D eigenvalue weighted by Crippen LogP contribution is -2.24. The van der Waals surface area contributed by atoms with E-state index in [1.807, 2.05) is 0 Å². The van der Waals surface area contributed by atoms with Crippen LogP contribution in [0, 0.1) is 0 Å². The van der Waals surface area contributed by atoms with Crippen molar-refractivity contribution >= 4 is 6.47 Å². The molecule has 1 fully saturated rings. The second-order valence-corrected chi connectivity index (χ2v) is 2.10. The molecule has 0 aromatic rings. The van der Waals surface area contributed by atoms with Gasteiger partial charge in [-0.15, -0.1) is 0 Å². The van der Waals surface area contributed by atoms with Gasteiger partial charge in [-0.05, 0) is 12.8 Å². The lowest BCUT2D eigenvalue weighted by molar-refractivity contribution is -0.134. The largest absolute Gasteiger partial charge is 0.460 e. The lowest BCUT2D eigenvalue weighted by Gasteiger charge is -2.07. The molecule has 0 aliphatic heterocycles. The minimum absolute atomic E-state index is 0.248. The van der Waals surface area contributed by atoms with Gasteiger partial charge in [0.2, 0.25) is 0 Å². The van der Waals surface area contributed by atoms with Gasteiger partial charge in [-0.25, -0.2) is 0 Å². The van der Waals surface area contributed by atoms with Crippen molar-refractivity contribution in [2.75, 3.05) is 6.54 Å². The van der Waals surface area contributed by atoms with E-state index < -0.39 is 0 Å². The second-order valence-electron chi connectivity index (χ2n) is 2.10. The molecule has 1 aliphatic carbocycles. The third kappa shape index (κ3) is 0.816. The van der Waals surface area contributed by atoms with Gasteiger partial charge in [-0.2, -0.15) is 0 Å². The van der Waals surface area contributed by atoms with E-state index >= 15 is 0 Å². The first-order chi connectivity index (χ1) is 3.83. The first-order valence-electron chi connectivity index (χ1n) is 2.64. The Morgan fingerprint density at radius 3 is 2.50 bits per heavy atom. The molecule has 1 aliphatic rings. The van der Waals surface area contributed by atoms with Crippen LogP contribution in [0.3, 0.4) is 0 Å². The molecular formula is C5H9NO2. The van der Waals surface area contributed by atoms with Crippen molar-refractivity contribution in [3.05, 3.63) is 0 Å². The average Bonchev–Trinajstić information content (AvgIpc) is 2.50. The fraction of sp³-hybridized carbons (Fsp3) is 0.800. The van der Waals surface area contributed by atoms with Crippen molar-refractivity contribution in [1.29, 1.82) is 0 Å². The molecule has 8 heavy (non-hydrogen) atoms. The van der Waals surface area contributed by atoms with E-state index in [4.69, 9.17) is 5.73 Å². The van der Waals surface area contributed by atoms with Crippen LogP contribution in [-0.4, -0.2) is 18.6 Å². The fourth-order valence-corrected chi connectivity index (χ4v) is 0.612. The first-order valence-corrected chi connectivity index (χ1v) is 2.64. The van der Waals surface area contributed by atoms with Crippen LogP contribution < -0.4 is 5.73 Å². The van der Waals surface area contributed by atoms with Crippen molar-refractivity contribution in [2.45, 2.75) is 18.4 Å². The summed E-state index contributed by atoms with van der Waals surface area (Å²) in [5.74, 6) is 0. The molecule has 0 heterocycles. The number of nitrogens with two attached hydrogens (primary N) is 1. The van der Waals surface area contributed by atoms with E-state index in [2.05, 4.69) is 4.74 Å². The summed E-state index contributed by atoms with van der Waals surface area (Å²) in [4.78, 5) is 9.74. The summed E-state index contributed by atoms with van der Waals surface area (Å²) in [5.41, 5.74) is 5.02. The molecule has 3 nitrogen and oxygen atoms in total. The van der Waals surface area contributed by atoms with Gasteiger partial charge in [0.1, 0.15) is 5.60 Å². The normalized spacial score (nSPS) is 22.1. The fourth-order valence-electron chi connectivity index (χ4n) is 0.612. The van der Waals surface area contributed by atoms with E-state index in [1.165, 1.54) is 0 Å². The smallest absolute Gasteiger partial charge is 0.293 e. The lowest BCUT2D eigenvalue weighted by atomic mass is 10.3. The minimum atomic E-state index is -0.248. The van der Waals surface area contributed by atoms with Gasteiger partial charge in [-0.3, -0.25) is 4.79 Å². The molecule has 1 rings (SSSR count). The Bertz CT molecular complexity index is 98.6. The SMILES string of the molecule is NCC1(OC=O)CC1. The summed E-state index contributed by atoms with van der Waals surface area (Å²) in [7, 11) is 0. The number of hydrogen-bond acceptors (Lipinski definition) is 3. The Morgan fingerprint density at radius 1 is 1.75 bits per heavy atom. The monoisotopic (exact) mass is 115 g/mol. The summed E-state index contributed by atoms with van der Waals surface area (Å²) in [6.07, 6.45) is 1.87. The molecule has 3 heteroatoms. The molecule has 46 valence electrons. The predicted molar refractivity (Wildman–Crippen MR) is 28.2 cm³/mol. The first kappa shape index (κ1) is 5.56. The van der Waals surface area contributed by atoms with Crippen molar-refractivity contribution in [3.63, 3.8) is 0 Å². The Labute approximate surface area is 47.8 Å². The Morgan fingerprint density at radius 2 is 2.38 bits per heavy atom. The van der Waals surface area contributed by atoms with Crippen molar-refractivity contribution in [2.24, 2.45) is 5.73 Å². The van der Waals surface area contributed by atoms with Crippen LogP contribution >= 0.6 is 0 Å². The van der Waals surface area contributed by atoms with Gasteiger partial charge in [0.25, 0.3) is 6.47 Å². The van der Waals surface area contributed by atoms with Gasteiger partial charge in [0, 0.05) is 6.54 Å². The van der Waals surface area contributed by atoms with Crippen LogP contribution in [0.2, 0.25) is 0 Å². The molecule has 0 aromatic heterocycles. The zero-order chi connectivity index (χ0) is 6.04. The molecule has 0 radical (unpaired) electrons. The minimum Gasteiger partial charge on any atom is -0.460 e. The molecule has 2 N–H and O–H groups in total. The highest BCUT2D eigenvalue weighted by Crippen LogP contribution is 2.37. The summed E-state index contributed by atoms with van der Waals surface area (Å²) < 4.78 is 4.68. The molecule has 0 saturated heterocycles. The maximum atomic E-state index is 9.74. The number of ether oxygens (including phenoxy) is 1. The van der Waals surface area contributed by atoms with Crippen LogP contribution in [-0.2, 0) is 9.53 Å². The van der Waals surface area contributed by atoms with Crippen LogP contribution in [0.25, 0.3) is 0 Å². The van der Waals surface area contributed by atoms with E-state index in [0.717, 1.165) is 12.8 Å². The maximum Gasteiger partial charge on any atom is 0.293 e. The third-order valence-electron chi connectivity index (χ3n) is 1.48. The summed E-state index contributed by atoms with van der Waals surface area (Å²) in [6.45, 7) is 0.936. The quantitative estimate of drug-likeness (QED) is 0.511. The van der Waals surface area contributed by atoms with Crippen LogP contribution in [0.5, 0.6) is 0 Å². The molecule has 0 atom stereocenters. The highest BCUT2D eigenvalue weighted by atomic mass is 16.5. The zero-order valence-electron chi connectivity index (χ0n) is 4.59. The highest BCUT2D eigenvalue weighted by Gasteiger charge is 2.43. The Hall–Kier alpha value is -0.570. The summed E-state index contributed by atoms with van der Waals surface area (Å²) in [5, 5.41) is 0. The predicted octanol–water partition coefficient (Wildman–Crippen LogP) is -0.349.